The van der Waals surface area contributed by atoms with E-state index in [1.54, 1.807) is 60.7 Å². The van der Waals surface area contributed by atoms with Gasteiger partial charge in [-0.15, -0.1) is 0 Å². The monoisotopic (exact) mass is 500 g/mol. The molecule has 0 saturated heterocycles. The summed E-state index contributed by atoms with van der Waals surface area (Å²) < 4.78 is 0. The molecule has 0 N–H and O–H groups in total. The third kappa shape index (κ3) is 4.37. The van der Waals surface area contributed by atoms with Gasteiger partial charge >= 0.3 is 0 Å². The van der Waals surface area contributed by atoms with Crippen molar-refractivity contribution in [3.05, 3.63) is 103 Å². The first-order valence-electron chi connectivity index (χ1n) is 9.16. The number of hydrogen-bond acceptors (Lipinski definition) is 4. The largest absolute Gasteiger partial charge is 0.292 e. The van der Waals surface area contributed by atoms with Crippen LogP contribution in [0.2, 0.25) is 20.1 Å². The quantitative estimate of drug-likeness (QED) is 0.262. The molecule has 158 valence electrons. The van der Waals surface area contributed by atoms with Gasteiger partial charge in [0.1, 0.15) is 11.8 Å². The summed E-state index contributed by atoms with van der Waals surface area (Å²) in [6.07, 6.45) is 0. The third-order valence-electron chi connectivity index (χ3n) is 4.80. The van der Waals surface area contributed by atoms with E-state index in [0.29, 0.717) is 11.1 Å². The number of hydrogen-bond donors (Lipinski definition) is 0. The van der Waals surface area contributed by atoms with E-state index in [1.807, 2.05) is 12.1 Å². The first-order chi connectivity index (χ1) is 15.3. The molecule has 0 heterocycles. The van der Waals surface area contributed by atoms with Gasteiger partial charge in [-0.05, 0) is 11.1 Å². The topological polar surface area (TPSA) is 81.7 Å². The molecule has 2 unspecified atom stereocenters. The van der Waals surface area contributed by atoms with Gasteiger partial charge in [-0.3, -0.25) is 9.59 Å². The van der Waals surface area contributed by atoms with Crippen LogP contribution < -0.4 is 0 Å². The molecule has 0 amide bonds. The number of carbonyl (C=O) groups is 2. The Morgan fingerprint density at radius 3 is 1.12 bits per heavy atom. The molecule has 0 radical (unpaired) electrons. The minimum atomic E-state index is -1.21. The molecule has 0 aromatic heterocycles. The van der Waals surface area contributed by atoms with Gasteiger partial charge in [-0.25, -0.2) is 0 Å². The van der Waals surface area contributed by atoms with Gasteiger partial charge in [0.15, 0.2) is 11.6 Å². The van der Waals surface area contributed by atoms with Crippen LogP contribution in [0.15, 0.2) is 60.7 Å². The van der Waals surface area contributed by atoms with E-state index >= 15 is 0 Å². The Labute approximate surface area is 204 Å². The number of nitrogens with zero attached hydrogens (tertiary/aromatic N) is 2. The lowest BCUT2D eigenvalue weighted by molar-refractivity contribution is 0.0967. The van der Waals surface area contributed by atoms with E-state index in [-0.39, 0.29) is 31.2 Å². The summed E-state index contributed by atoms with van der Waals surface area (Å²) in [6.45, 7) is 0. The zero-order valence-corrected chi connectivity index (χ0v) is 19.2. The predicted molar refractivity (Wildman–Crippen MR) is 125 cm³/mol. The van der Waals surface area contributed by atoms with Gasteiger partial charge in [0, 0.05) is 0 Å². The molecule has 3 aromatic rings. The van der Waals surface area contributed by atoms with E-state index in [9.17, 15) is 20.1 Å². The van der Waals surface area contributed by atoms with Crippen LogP contribution in [-0.2, 0) is 0 Å². The minimum Gasteiger partial charge on any atom is -0.292 e. The van der Waals surface area contributed by atoms with Crippen molar-refractivity contribution in [2.45, 2.75) is 11.8 Å². The van der Waals surface area contributed by atoms with Crippen LogP contribution in [0.3, 0.4) is 0 Å². The molecule has 3 rings (SSSR count). The maximum atomic E-state index is 13.2. The van der Waals surface area contributed by atoms with E-state index in [2.05, 4.69) is 0 Å². The number of Topliss-reactive ketones (excluding diaryl/α,β-unsaturated/α-hetero) is 2. The summed E-state index contributed by atoms with van der Waals surface area (Å²) in [5.74, 6) is -3.85. The van der Waals surface area contributed by atoms with Crippen LogP contribution >= 0.6 is 46.4 Å². The highest BCUT2D eigenvalue weighted by atomic mass is 35.5. The standard InChI is InChI=1S/C24H12Cl4N2O2/c25-19-17(23(31)15(11-29)13-7-3-1-4-8-13)20(26)22(28)18(21(19)27)24(32)16(12-30)14-9-5-2-6-10-14/h1-10,15-16H. The Morgan fingerprint density at radius 1 is 0.594 bits per heavy atom. The number of nitriles is 2. The molecule has 0 aliphatic rings. The fourth-order valence-corrected chi connectivity index (χ4v) is 4.44. The van der Waals surface area contributed by atoms with Crippen LogP contribution in [0.1, 0.15) is 43.7 Å². The Kier molecular flexibility index (Phi) is 7.56. The smallest absolute Gasteiger partial charge is 0.187 e. The highest BCUT2D eigenvalue weighted by Gasteiger charge is 2.34. The van der Waals surface area contributed by atoms with Gasteiger partial charge in [-0.2, -0.15) is 10.5 Å². The van der Waals surface area contributed by atoms with E-state index in [0.717, 1.165) is 0 Å². The zero-order valence-electron chi connectivity index (χ0n) is 16.2. The first-order valence-corrected chi connectivity index (χ1v) is 10.7. The van der Waals surface area contributed by atoms with Crippen molar-refractivity contribution in [3.8, 4) is 12.1 Å². The number of carbonyl (C=O) groups excluding carboxylic acids is 2. The average molecular weight is 502 g/mol. The summed E-state index contributed by atoms with van der Waals surface area (Å²) in [5, 5.41) is 17.9. The molecule has 0 saturated carbocycles. The summed E-state index contributed by atoms with van der Waals surface area (Å²) in [4.78, 5) is 26.3. The van der Waals surface area contributed by atoms with Gasteiger partial charge in [0.05, 0.1) is 43.4 Å². The lowest BCUT2D eigenvalue weighted by Crippen LogP contribution is -2.16. The van der Waals surface area contributed by atoms with Crippen LogP contribution in [-0.4, -0.2) is 11.6 Å². The fraction of sp³-hybridized carbons (Fsp3) is 0.0833. The SMILES string of the molecule is N#CC(C(=O)c1c(Cl)c(Cl)c(C(=O)C(C#N)c2ccccc2)c(Cl)c1Cl)c1ccccc1. The van der Waals surface area contributed by atoms with Crippen molar-refractivity contribution < 1.29 is 9.59 Å². The van der Waals surface area contributed by atoms with Gasteiger partial charge in [0.2, 0.25) is 0 Å². The van der Waals surface area contributed by atoms with E-state index in [1.165, 1.54) is 0 Å². The molecule has 0 bridgehead atoms. The fourth-order valence-electron chi connectivity index (χ4n) is 3.21. The van der Waals surface area contributed by atoms with Crippen molar-refractivity contribution >= 4 is 58.0 Å². The Balaban J connectivity index is 2.13. The molecule has 3 aromatic carbocycles. The van der Waals surface area contributed by atoms with Gasteiger partial charge in [0.25, 0.3) is 0 Å². The van der Waals surface area contributed by atoms with Crippen molar-refractivity contribution in [1.29, 1.82) is 10.5 Å². The van der Waals surface area contributed by atoms with Crippen LogP contribution in [0.5, 0.6) is 0 Å². The molecule has 0 fully saturated rings. The average Bonchev–Trinajstić information content (AvgIpc) is 2.80. The molecule has 32 heavy (non-hydrogen) atoms. The summed E-state index contributed by atoms with van der Waals surface area (Å²) >= 11 is 25.4. The summed E-state index contributed by atoms with van der Waals surface area (Å²) in [6, 6.07) is 20.6. The highest BCUT2D eigenvalue weighted by Crippen LogP contribution is 2.44. The van der Waals surface area contributed by atoms with E-state index < -0.39 is 23.4 Å². The minimum absolute atomic E-state index is 0.261. The number of halogens is 4. The summed E-state index contributed by atoms with van der Waals surface area (Å²) in [5.41, 5.74) is 0.355. The Morgan fingerprint density at radius 2 is 0.875 bits per heavy atom. The zero-order chi connectivity index (χ0) is 23.4. The lowest BCUT2D eigenvalue weighted by Gasteiger charge is -2.18. The number of ketones is 2. The maximum absolute atomic E-state index is 13.2. The Hall–Kier alpha value is -2.86. The summed E-state index contributed by atoms with van der Waals surface area (Å²) in [7, 11) is 0. The molecular formula is C24H12Cl4N2O2. The molecule has 8 heteroatoms. The molecule has 0 aliphatic heterocycles. The second kappa shape index (κ2) is 10.2. The normalized spacial score (nSPS) is 12.3. The molecular weight excluding hydrogens is 490 g/mol. The molecule has 2 atom stereocenters. The van der Waals surface area contributed by atoms with Crippen molar-refractivity contribution in [1.82, 2.24) is 0 Å². The number of benzene rings is 3. The third-order valence-corrected chi connectivity index (χ3v) is 6.51. The molecule has 0 spiro atoms. The van der Waals surface area contributed by atoms with Crippen LogP contribution in [0.4, 0.5) is 0 Å². The predicted octanol–water partition coefficient (Wildman–Crippen LogP) is 7.28. The first kappa shape index (κ1) is 23.8. The van der Waals surface area contributed by atoms with Crippen molar-refractivity contribution in [2.75, 3.05) is 0 Å². The van der Waals surface area contributed by atoms with Crippen LogP contribution in [0.25, 0.3) is 0 Å². The van der Waals surface area contributed by atoms with Crippen molar-refractivity contribution in [2.24, 2.45) is 0 Å². The molecule has 4 nitrogen and oxygen atoms in total. The molecule has 0 aliphatic carbocycles. The van der Waals surface area contributed by atoms with E-state index in [4.69, 9.17) is 46.4 Å². The second-order valence-electron chi connectivity index (χ2n) is 6.68. The van der Waals surface area contributed by atoms with Gasteiger partial charge < -0.3 is 0 Å². The van der Waals surface area contributed by atoms with Gasteiger partial charge in [-0.1, -0.05) is 107 Å². The lowest BCUT2D eigenvalue weighted by atomic mass is 9.88. The number of rotatable bonds is 6. The second-order valence-corrected chi connectivity index (χ2v) is 8.19. The highest BCUT2D eigenvalue weighted by molar-refractivity contribution is 6.53. The van der Waals surface area contributed by atoms with Crippen LogP contribution in [0, 0.1) is 22.7 Å². The Bertz CT molecular complexity index is 1150. The maximum Gasteiger partial charge on any atom is 0.187 e. The van der Waals surface area contributed by atoms with Crippen molar-refractivity contribution in [3.63, 3.8) is 0 Å².